The van der Waals surface area contributed by atoms with Crippen molar-refractivity contribution in [3.8, 4) is 0 Å². The maximum Gasteiger partial charge on any atom is 0.412 e. The molecule has 0 aliphatic heterocycles. The van der Waals surface area contributed by atoms with Crippen molar-refractivity contribution < 1.29 is 14.3 Å². The molecule has 1 aromatic heterocycles. The number of anilines is 1. The highest BCUT2D eigenvalue weighted by atomic mass is 16.6. The van der Waals surface area contributed by atoms with Crippen molar-refractivity contribution in [1.82, 2.24) is 4.98 Å². The fourth-order valence-corrected chi connectivity index (χ4v) is 1.16. The summed E-state index contributed by atoms with van der Waals surface area (Å²) in [5.41, 5.74) is 0.940. The molecule has 0 spiro atoms. The lowest BCUT2D eigenvalue weighted by molar-refractivity contribution is 0.0635. The van der Waals surface area contributed by atoms with Crippen LogP contribution in [0.15, 0.2) is 12.3 Å². The molecule has 0 radical (unpaired) electrons. The van der Waals surface area contributed by atoms with Crippen LogP contribution in [0.4, 0.5) is 10.5 Å². The zero-order valence-corrected chi connectivity index (χ0v) is 10.4. The van der Waals surface area contributed by atoms with Crippen LogP contribution >= 0.6 is 0 Å². The molecule has 0 atom stereocenters. The maximum atomic E-state index is 11.5. The minimum Gasteiger partial charge on any atom is -0.444 e. The summed E-state index contributed by atoms with van der Waals surface area (Å²) >= 11 is 0. The molecule has 0 aliphatic rings. The number of amides is 1. The molecule has 0 saturated heterocycles. The Morgan fingerprint density at radius 1 is 1.47 bits per heavy atom. The quantitative estimate of drug-likeness (QED) is 0.801. The molecule has 1 rings (SSSR count). The summed E-state index contributed by atoms with van der Waals surface area (Å²) < 4.78 is 5.08. The van der Waals surface area contributed by atoms with Crippen LogP contribution in [-0.2, 0) is 4.74 Å². The van der Waals surface area contributed by atoms with Crippen molar-refractivity contribution in [2.24, 2.45) is 0 Å². The minimum atomic E-state index is -0.569. The van der Waals surface area contributed by atoms with Gasteiger partial charge < -0.3 is 4.74 Å². The number of carbonyl (C=O) groups is 2. The van der Waals surface area contributed by atoms with Crippen molar-refractivity contribution in [2.45, 2.75) is 33.3 Å². The number of hydrogen-bond acceptors (Lipinski definition) is 4. The zero-order chi connectivity index (χ0) is 13.1. The van der Waals surface area contributed by atoms with Crippen molar-refractivity contribution in [3.63, 3.8) is 0 Å². The number of nitrogens with one attached hydrogen (secondary N) is 1. The van der Waals surface area contributed by atoms with Crippen molar-refractivity contribution in [1.29, 1.82) is 0 Å². The Kier molecular flexibility index (Phi) is 3.83. The molecule has 1 heterocycles. The fourth-order valence-electron chi connectivity index (χ4n) is 1.16. The Labute approximate surface area is 100 Å². The topological polar surface area (TPSA) is 68.3 Å². The maximum absolute atomic E-state index is 11.5. The second kappa shape index (κ2) is 4.95. The molecule has 0 unspecified atom stereocenters. The van der Waals surface area contributed by atoms with Crippen LogP contribution in [0.25, 0.3) is 0 Å². The van der Waals surface area contributed by atoms with Gasteiger partial charge in [-0.15, -0.1) is 0 Å². The number of aryl methyl sites for hydroxylation is 1. The van der Waals surface area contributed by atoms with Crippen LogP contribution in [0.3, 0.4) is 0 Å². The number of carbonyl (C=O) groups excluding carboxylic acids is 2. The van der Waals surface area contributed by atoms with E-state index in [1.165, 1.54) is 6.20 Å². The van der Waals surface area contributed by atoms with E-state index in [2.05, 4.69) is 10.3 Å². The number of aromatic nitrogens is 1. The summed E-state index contributed by atoms with van der Waals surface area (Å²) in [7, 11) is 0. The largest absolute Gasteiger partial charge is 0.444 e. The van der Waals surface area contributed by atoms with Crippen LogP contribution in [0.1, 0.15) is 36.8 Å². The third-order valence-electron chi connectivity index (χ3n) is 1.90. The molecular weight excluding hydrogens is 220 g/mol. The Morgan fingerprint density at radius 2 is 2.12 bits per heavy atom. The summed E-state index contributed by atoms with van der Waals surface area (Å²) in [5, 5.41) is 2.52. The first-order valence-electron chi connectivity index (χ1n) is 5.23. The Morgan fingerprint density at radius 3 is 2.65 bits per heavy atom. The average Bonchev–Trinajstić information content (AvgIpc) is 2.18. The summed E-state index contributed by atoms with van der Waals surface area (Å²) in [6.07, 6.45) is 1.61. The molecule has 92 valence electrons. The van der Waals surface area contributed by atoms with E-state index in [1.54, 1.807) is 33.8 Å². The van der Waals surface area contributed by atoms with Gasteiger partial charge in [0.05, 0.1) is 11.9 Å². The smallest absolute Gasteiger partial charge is 0.412 e. The second-order valence-electron chi connectivity index (χ2n) is 4.64. The van der Waals surface area contributed by atoms with Gasteiger partial charge in [0.15, 0.2) is 6.29 Å². The standard InChI is InChI=1S/C12H16N2O3/c1-8-9(7-15)5-10(6-13-8)14-11(16)17-12(2,3)4/h5-7H,1-4H3,(H,14,16). The summed E-state index contributed by atoms with van der Waals surface area (Å²) in [4.78, 5) is 26.2. The van der Waals surface area contributed by atoms with E-state index in [0.29, 0.717) is 23.2 Å². The first-order valence-corrected chi connectivity index (χ1v) is 5.23. The van der Waals surface area contributed by atoms with Crippen molar-refractivity contribution in [3.05, 3.63) is 23.5 Å². The molecule has 0 fully saturated rings. The predicted molar refractivity (Wildman–Crippen MR) is 64.2 cm³/mol. The van der Waals surface area contributed by atoms with Gasteiger partial charge in [-0.2, -0.15) is 0 Å². The normalized spacial score (nSPS) is 10.8. The van der Waals surface area contributed by atoms with Gasteiger partial charge in [-0.05, 0) is 33.8 Å². The molecule has 0 saturated carbocycles. The molecule has 1 aromatic rings. The van der Waals surface area contributed by atoms with Gasteiger partial charge in [0.2, 0.25) is 0 Å². The Hall–Kier alpha value is -1.91. The molecule has 5 nitrogen and oxygen atoms in total. The van der Waals surface area contributed by atoms with Crippen molar-refractivity contribution in [2.75, 3.05) is 5.32 Å². The lowest BCUT2D eigenvalue weighted by atomic mass is 10.2. The average molecular weight is 236 g/mol. The van der Waals surface area contributed by atoms with Crippen LogP contribution < -0.4 is 5.32 Å². The first kappa shape index (κ1) is 13.2. The summed E-state index contributed by atoms with van der Waals surface area (Å²) in [6.45, 7) is 7.05. The van der Waals surface area contributed by atoms with Crippen LogP contribution in [0.5, 0.6) is 0 Å². The minimum absolute atomic E-state index is 0.437. The second-order valence-corrected chi connectivity index (χ2v) is 4.64. The van der Waals surface area contributed by atoms with Crippen LogP contribution in [-0.4, -0.2) is 23.0 Å². The first-order chi connectivity index (χ1) is 7.81. The van der Waals surface area contributed by atoms with E-state index in [1.807, 2.05) is 0 Å². The SMILES string of the molecule is Cc1ncc(NC(=O)OC(C)(C)C)cc1C=O. The fraction of sp³-hybridized carbons (Fsp3) is 0.417. The Balaban J connectivity index is 2.75. The summed E-state index contributed by atoms with van der Waals surface area (Å²) in [6, 6.07) is 1.55. The molecular formula is C12H16N2O3. The lowest BCUT2D eigenvalue weighted by Crippen LogP contribution is -2.27. The molecule has 0 bridgehead atoms. The molecule has 1 amide bonds. The van der Waals surface area contributed by atoms with E-state index in [9.17, 15) is 9.59 Å². The highest BCUT2D eigenvalue weighted by Crippen LogP contribution is 2.13. The molecule has 5 heteroatoms. The Bertz CT molecular complexity index is 436. The molecule has 1 N–H and O–H groups in total. The molecule has 17 heavy (non-hydrogen) atoms. The number of nitrogens with zero attached hydrogens (tertiary/aromatic N) is 1. The zero-order valence-electron chi connectivity index (χ0n) is 10.4. The predicted octanol–water partition coefficient (Wildman–Crippen LogP) is 2.55. The van der Waals surface area contributed by atoms with Crippen LogP contribution in [0.2, 0.25) is 0 Å². The third-order valence-corrected chi connectivity index (χ3v) is 1.90. The third kappa shape index (κ3) is 4.22. The van der Waals surface area contributed by atoms with E-state index in [4.69, 9.17) is 4.74 Å². The van der Waals surface area contributed by atoms with Gasteiger partial charge in [-0.1, -0.05) is 0 Å². The number of ether oxygens (including phenoxy) is 1. The van der Waals surface area contributed by atoms with E-state index < -0.39 is 11.7 Å². The lowest BCUT2D eigenvalue weighted by Gasteiger charge is -2.19. The highest BCUT2D eigenvalue weighted by Gasteiger charge is 2.16. The monoisotopic (exact) mass is 236 g/mol. The highest BCUT2D eigenvalue weighted by molar-refractivity contribution is 5.87. The van der Waals surface area contributed by atoms with Gasteiger partial charge in [0, 0.05) is 11.3 Å². The van der Waals surface area contributed by atoms with Crippen molar-refractivity contribution >= 4 is 18.1 Å². The number of hydrogen-bond donors (Lipinski definition) is 1. The number of aldehydes is 1. The van der Waals surface area contributed by atoms with Gasteiger partial charge in [0.25, 0.3) is 0 Å². The number of pyridine rings is 1. The van der Waals surface area contributed by atoms with E-state index >= 15 is 0 Å². The van der Waals surface area contributed by atoms with Crippen LogP contribution in [0, 0.1) is 6.92 Å². The molecule has 0 aliphatic carbocycles. The van der Waals surface area contributed by atoms with Gasteiger partial charge in [-0.3, -0.25) is 15.1 Å². The molecule has 0 aromatic carbocycles. The van der Waals surface area contributed by atoms with Gasteiger partial charge in [-0.25, -0.2) is 4.79 Å². The van der Waals surface area contributed by atoms with Gasteiger partial charge in [0.1, 0.15) is 5.60 Å². The number of rotatable bonds is 2. The summed E-state index contributed by atoms with van der Waals surface area (Å²) in [5.74, 6) is 0. The van der Waals surface area contributed by atoms with E-state index in [0.717, 1.165) is 0 Å². The van der Waals surface area contributed by atoms with Gasteiger partial charge >= 0.3 is 6.09 Å². The van der Waals surface area contributed by atoms with E-state index in [-0.39, 0.29) is 0 Å².